The molecule has 21 heavy (non-hydrogen) atoms. The van der Waals surface area contributed by atoms with Crippen LogP contribution in [0.15, 0.2) is 30.3 Å². The van der Waals surface area contributed by atoms with E-state index in [1.165, 1.54) is 0 Å². The molecule has 0 spiro atoms. The zero-order valence-corrected chi connectivity index (χ0v) is 12.4. The summed E-state index contributed by atoms with van der Waals surface area (Å²) < 4.78 is 23.3. The van der Waals surface area contributed by atoms with E-state index in [4.69, 9.17) is 5.11 Å². The summed E-state index contributed by atoms with van der Waals surface area (Å²) >= 11 is 0. The molecule has 1 aliphatic heterocycles. The minimum atomic E-state index is -3.20. The Morgan fingerprint density at radius 3 is 2.62 bits per heavy atom. The quantitative estimate of drug-likeness (QED) is 0.811. The molecule has 1 saturated heterocycles. The van der Waals surface area contributed by atoms with Gasteiger partial charge in [-0.2, -0.15) is 0 Å². The Kier molecular flexibility index (Phi) is 4.97. The van der Waals surface area contributed by atoms with E-state index in [2.05, 4.69) is 0 Å². The molecule has 0 saturated carbocycles. The van der Waals surface area contributed by atoms with Crippen LogP contribution in [0.25, 0.3) is 0 Å². The molecular formula is C14H19NO5S. The van der Waals surface area contributed by atoms with Crippen LogP contribution in [0.2, 0.25) is 0 Å². The highest BCUT2D eigenvalue weighted by atomic mass is 32.2. The van der Waals surface area contributed by atoms with Gasteiger partial charge in [0.05, 0.1) is 24.0 Å². The number of carboxylic acid groups (broad SMARTS) is 1. The maximum Gasteiger partial charge on any atom is 0.304 e. The lowest BCUT2D eigenvalue weighted by Gasteiger charge is -2.35. The highest BCUT2D eigenvalue weighted by molar-refractivity contribution is 7.91. The van der Waals surface area contributed by atoms with Gasteiger partial charge in [0.2, 0.25) is 0 Å². The summed E-state index contributed by atoms with van der Waals surface area (Å²) in [5.41, 5.74) is 0.736. The van der Waals surface area contributed by atoms with Crippen molar-refractivity contribution >= 4 is 15.8 Å². The van der Waals surface area contributed by atoms with Gasteiger partial charge in [-0.1, -0.05) is 30.3 Å². The number of rotatable bonds is 5. The van der Waals surface area contributed by atoms with Gasteiger partial charge in [-0.15, -0.1) is 0 Å². The van der Waals surface area contributed by atoms with Crippen molar-refractivity contribution in [1.29, 1.82) is 0 Å². The molecule has 0 aromatic heterocycles. The van der Waals surface area contributed by atoms with Crippen molar-refractivity contribution in [2.45, 2.75) is 18.6 Å². The van der Waals surface area contributed by atoms with E-state index in [0.717, 1.165) is 5.56 Å². The van der Waals surface area contributed by atoms with Crippen LogP contribution in [0, 0.1) is 0 Å². The van der Waals surface area contributed by atoms with E-state index >= 15 is 0 Å². The molecule has 0 bridgehead atoms. The number of aliphatic hydroxyl groups excluding tert-OH is 1. The number of hydrogen-bond acceptors (Lipinski definition) is 5. The van der Waals surface area contributed by atoms with Crippen molar-refractivity contribution in [1.82, 2.24) is 4.90 Å². The first-order chi connectivity index (χ1) is 9.87. The molecule has 1 aromatic carbocycles. The number of sulfone groups is 1. The molecule has 0 amide bonds. The first kappa shape index (κ1) is 15.9. The smallest absolute Gasteiger partial charge is 0.304 e. The Bertz CT molecular complexity index is 587. The maximum atomic E-state index is 11.7. The van der Waals surface area contributed by atoms with E-state index in [1.807, 2.05) is 18.2 Å². The van der Waals surface area contributed by atoms with E-state index < -0.39 is 28.0 Å². The number of nitrogens with zero attached hydrogens (tertiary/aromatic N) is 1. The molecule has 1 fully saturated rings. The molecule has 6 nitrogen and oxygen atoms in total. The summed E-state index contributed by atoms with van der Waals surface area (Å²) in [7, 11) is -3.20. The minimum Gasteiger partial charge on any atom is -0.481 e. The van der Waals surface area contributed by atoms with Gasteiger partial charge in [0, 0.05) is 19.1 Å². The normalized spacial score (nSPS) is 23.6. The minimum absolute atomic E-state index is 0.00459. The average molecular weight is 313 g/mol. The number of carbonyl (C=O) groups is 1. The van der Waals surface area contributed by atoms with Crippen LogP contribution in [0.5, 0.6) is 0 Å². The maximum absolute atomic E-state index is 11.7. The van der Waals surface area contributed by atoms with Crippen molar-refractivity contribution in [3.63, 3.8) is 0 Å². The Hall–Kier alpha value is -1.44. The van der Waals surface area contributed by atoms with Crippen molar-refractivity contribution in [2.24, 2.45) is 0 Å². The van der Waals surface area contributed by atoms with E-state index in [1.54, 1.807) is 17.0 Å². The molecule has 1 heterocycles. The van der Waals surface area contributed by atoms with Crippen molar-refractivity contribution in [2.75, 3.05) is 24.6 Å². The highest BCUT2D eigenvalue weighted by Crippen LogP contribution is 2.20. The monoisotopic (exact) mass is 313 g/mol. The topological polar surface area (TPSA) is 94.9 Å². The molecule has 7 heteroatoms. The molecule has 2 atom stereocenters. The first-order valence-corrected chi connectivity index (χ1v) is 8.59. The second kappa shape index (κ2) is 6.55. The van der Waals surface area contributed by atoms with Gasteiger partial charge in [0.1, 0.15) is 0 Å². The van der Waals surface area contributed by atoms with Crippen molar-refractivity contribution in [3.05, 3.63) is 35.9 Å². The molecule has 0 aliphatic carbocycles. The Labute approximate surface area is 123 Å². The number of aliphatic hydroxyl groups is 1. The zero-order chi connectivity index (χ0) is 15.5. The largest absolute Gasteiger partial charge is 0.481 e. The third-order valence-corrected chi connectivity index (χ3v) is 5.35. The highest BCUT2D eigenvalue weighted by Gasteiger charge is 2.33. The van der Waals surface area contributed by atoms with E-state index in [0.29, 0.717) is 0 Å². The second-order valence-electron chi connectivity index (χ2n) is 5.29. The lowest BCUT2D eigenvalue weighted by molar-refractivity contribution is -0.138. The Morgan fingerprint density at radius 1 is 1.33 bits per heavy atom. The molecule has 1 aromatic rings. The average Bonchev–Trinajstić information content (AvgIpc) is 2.41. The van der Waals surface area contributed by atoms with Gasteiger partial charge in [0.25, 0.3) is 0 Å². The van der Waals surface area contributed by atoms with E-state index in [-0.39, 0.29) is 31.0 Å². The van der Waals surface area contributed by atoms with Crippen LogP contribution < -0.4 is 0 Å². The lowest BCUT2D eigenvalue weighted by atomic mass is 10.1. The number of hydrogen-bond donors (Lipinski definition) is 2. The first-order valence-electron chi connectivity index (χ1n) is 6.76. The molecular weight excluding hydrogens is 294 g/mol. The molecule has 2 N–H and O–H groups in total. The van der Waals surface area contributed by atoms with Crippen LogP contribution in [-0.2, 0) is 14.6 Å². The van der Waals surface area contributed by atoms with Gasteiger partial charge in [0.15, 0.2) is 9.84 Å². The Balaban J connectivity index is 2.07. The van der Waals surface area contributed by atoms with Crippen LogP contribution in [-0.4, -0.2) is 60.1 Å². The molecule has 2 unspecified atom stereocenters. The summed E-state index contributed by atoms with van der Waals surface area (Å²) in [6.45, 7) is 0.488. The molecule has 2 rings (SSSR count). The van der Waals surface area contributed by atoms with Crippen molar-refractivity contribution < 1.29 is 23.4 Å². The summed E-state index contributed by atoms with van der Waals surface area (Å²) in [6.07, 6.45) is -0.996. The third-order valence-electron chi connectivity index (χ3n) is 3.65. The van der Waals surface area contributed by atoms with Crippen molar-refractivity contribution in [3.8, 4) is 0 Å². The summed E-state index contributed by atoms with van der Waals surface area (Å²) in [4.78, 5) is 12.7. The van der Waals surface area contributed by atoms with Crippen LogP contribution in [0.3, 0.4) is 0 Å². The van der Waals surface area contributed by atoms with Gasteiger partial charge in [-0.05, 0) is 5.56 Å². The number of carboxylic acids is 1. The van der Waals surface area contributed by atoms with Gasteiger partial charge in [-0.3, -0.25) is 9.69 Å². The summed E-state index contributed by atoms with van der Waals surface area (Å²) in [5, 5.41) is 19.1. The van der Waals surface area contributed by atoms with Crippen LogP contribution >= 0.6 is 0 Å². The molecule has 0 radical (unpaired) electrons. The number of aliphatic carboxylic acids is 1. The zero-order valence-electron chi connectivity index (χ0n) is 11.6. The van der Waals surface area contributed by atoms with Crippen LogP contribution in [0.4, 0.5) is 0 Å². The second-order valence-corrected chi connectivity index (χ2v) is 7.52. The predicted octanol–water partition coefficient (Wildman–Crippen LogP) is 0.294. The third kappa shape index (κ3) is 4.52. The fraction of sp³-hybridized carbons (Fsp3) is 0.500. The lowest BCUT2D eigenvalue weighted by Crippen LogP contribution is -2.50. The SMILES string of the molecule is O=C(O)CC1CS(=O)(=O)CCN1CC(O)c1ccccc1. The molecule has 116 valence electrons. The predicted molar refractivity (Wildman–Crippen MR) is 77.7 cm³/mol. The van der Waals surface area contributed by atoms with Gasteiger partial charge < -0.3 is 10.2 Å². The Morgan fingerprint density at radius 2 is 2.00 bits per heavy atom. The summed E-state index contributed by atoms with van der Waals surface area (Å²) in [6, 6.07) is 8.47. The summed E-state index contributed by atoms with van der Waals surface area (Å²) in [5.74, 6) is -1.19. The number of β-amino-alcohol motifs (C(OH)–C–C–N with tert-alkyl or cyclic N) is 1. The van der Waals surface area contributed by atoms with E-state index in [9.17, 15) is 18.3 Å². The number of benzene rings is 1. The standard InChI is InChI=1S/C14H19NO5S/c16-13(11-4-2-1-3-5-11)9-15-6-7-21(19,20)10-12(15)8-14(17)18/h1-5,12-13,16H,6-10H2,(H,17,18). The fourth-order valence-corrected chi connectivity index (χ4v) is 4.15. The van der Waals surface area contributed by atoms with Gasteiger partial charge in [-0.25, -0.2) is 8.42 Å². The van der Waals surface area contributed by atoms with Gasteiger partial charge >= 0.3 is 5.97 Å². The molecule has 1 aliphatic rings. The van der Waals surface area contributed by atoms with Crippen LogP contribution in [0.1, 0.15) is 18.1 Å². The fourth-order valence-electron chi connectivity index (χ4n) is 2.55.